The van der Waals surface area contributed by atoms with Gasteiger partial charge in [-0.05, 0) is 11.7 Å². The highest BCUT2D eigenvalue weighted by molar-refractivity contribution is 9.09. The van der Waals surface area contributed by atoms with Crippen molar-refractivity contribution in [3.05, 3.63) is 0 Å². The van der Waals surface area contributed by atoms with E-state index in [-0.39, 0.29) is 6.10 Å². The Bertz CT molecular complexity index is 78.0. The quantitative estimate of drug-likeness (QED) is 0.726. The summed E-state index contributed by atoms with van der Waals surface area (Å²) in [5.74, 6) is 2.72. The topological polar surface area (TPSA) is 20.2 Å². The number of aliphatic hydroxyl groups is 1. The summed E-state index contributed by atoms with van der Waals surface area (Å²) in [6.45, 7) is 4.38. The van der Waals surface area contributed by atoms with E-state index >= 15 is 0 Å². The molecule has 62 valence electrons. The van der Waals surface area contributed by atoms with Gasteiger partial charge in [-0.25, -0.2) is 0 Å². The number of halogens is 1. The van der Waals surface area contributed by atoms with Gasteiger partial charge in [-0.2, -0.15) is 11.8 Å². The SMILES string of the molecule is CC(C)CSCC(O)CBr. The van der Waals surface area contributed by atoms with E-state index in [0.717, 1.165) is 17.4 Å². The summed E-state index contributed by atoms with van der Waals surface area (Å²) in [4.78, 5) is 0. The van der Waals surface area contributed by atoms with Crippen LogP contribution in [0.1, 0.15) is 13.8 Å². The Labute approximate surface area is 75.7 Å². The van der Waals surface area contributed by atoms with Crippen molar-refractivity contribution < 1.29 is 5.11 Å². The van der Waals surface area contributed by atoms with Crippen LogP contribution in [0.4, 0.5) is 0 Å². The van der Waals surface area contributed by atoms with Crippen LogP contribution in [0.25, 0.3) is 0 Å². The second kappa shape index (κ2) is 6.50. The Morgan fingerprint density at radius 2 is 2.00 bits per heavy atom. The van der Waals surface area contributed by atoms with Crippen molar-refractivity contribution in [2.24, 2.45) is 5.92 Å². The van der Waals surface area contributed by atoms with E-state index in [4.69, 9.17) is 5.11 Å². The molecule has 0 amide bonds. The number of thioether (sulfide) groups is 1. The van der Waals surface area contributed by atoms with E-state index in [9.17, 15) is 0 Å². The lowest BCUT2D eigenvalue weighted by Gasteiger charge is -2.07. The lowest BCUT2D eigenvalue weighted by molar-refractivity contribution is 0.226. The van der Waals surface area contributed by atoms with E-state index in [1.54, 1.807) is 0 Å². The first-order chi connectivity index (χ1) is 4.66. The van der Waals surface area contributed by atoms with E-state index in [1.807, 2.05) is 11.8 Å². The minimum Gasteiger partial charge on any atom is -0.391 e. The molecule has 1 N–H and O–H groups in total. The third-order valence-electron chi connectivity index (χ3n) is 0.940. The summed E-state index contributed by atoms with van der Waals surface area (Å²) in [5.41, 5.74) is 0. The minimum atomic E-state index is -0.177. The second-order valence-electron chi connectivity index (χ2n) is 2.74. The molecule has 1 nitrogen and oxygen atoms in total. The molecule has 10 heavy (non-hydrogen) atoms. The van der Waals surface area contributed by atoms with Crippen molar-refractivity contribution in [3.8, 4) is 0 Å². The van der Waals surface area contributed by atoms with Crippen LogP contribution >= 0.6 is 27.7 Å². The molecular formula is C7H15BrOS. The van der Waals surface area contributed by atoms with Crippen molar-refractivity contribution in [2.45, 2.75) is 20.0 Å². The van der Waals surface area contributed by atoms with E-state index in [0.29, 0.717) is 5.33 Å². The van der Waals surface area contributed by atoms with Crippen molar-refractivity contribution in [2.75, 3.05) is 16.8 Å². The van der Waals surface area contributed by atoms with Crippen LogP contribution in [-0.2, 0) is 0 Å². The van der Waals surface area contributed by atoms with Gasteiger partial charge < -0.3 is 5.11 Å². The normalized spacial score (nSPS) is 14.1. The summed E-state index contributed by atoms with van der Waals surface area (Å²) < 4.78 is 0. The molecule has 0 aromatic carbocycles. The average molecular weight is 227 g/mol. The van der Waals surface area contributed by atoms with Gasteiger partial charge in [-0.3, -0.25) is 0 Å². The molecule has 0 saturated carbocycles. The third-order valence-corrected chi connectivity index (χ3v) is 3.21. The molecule has 1 unspecified atom stereocenters. The lowest BCUT2D eigenvalue weighted by Crippen LogP contribution is -2.11. The molecule has 1 atom stereocenters. The van der Waals surface area contributed by atoms with Gasteiger partial charge in [0.25, 0.3) is 0 Å². The Balaban J connectivity index is 3.03. The standard InChI is InChI=1S/C7H15BrOS/c1-6(2)4-10-5-7(9)3-8/h6-7,9H,3-5H2,1-2H3. The van der Waals surface area contributed by atoms with Crippen LogP contribution in [-0.4, -0.2) is 28.0 Å². The maximum absolute atomic E-state index is 9.10. The second-order valence-corrected chi connectivity index (χ2v) is 4.46. The van der Waals surface area contributed by atoms with Gasteiger partial charge in [0.15, 0.2) is 0 Å². The van der Waals surface area contributed by atoms with Crippen molar-refractivity contribution in [1.82, 2.24) is 0 Å². The van der Waals surface area contributed by atoms with Gasteiger partial charge in [0.05, 0.1) is 6.10 Å². The fourth-order valence-corrected chi connectivity index (χ4v) is 2.01. The maximum atomic E-state index is 9.10. The first-order valence-electron chi connectivity index (χ1n) is 3.48. The maximum Gasteiger partial charge on any atom is 0.0727 e. The summed E-state index contributed by atoms with van der Waals surface area (Å²) >= 11 is 5.03. The van der Waals surface area contributed by atoms with Crippen molar-refractivity contribution in [3.63, 3.8) is 0 Å². The molecule has 0 saturated heterocycles. The molecule has 3 heteroatoms. The predicted molar refractivity (Wildman–Crippen MR) is 52.0 cm³/mol. The third kappa shape index (κ3) is 6.90. The molecular weight excluding hydrogens is 212 g/mol. The van der Waals surface area contributed by atoms with Gasteiger partial charge >= 0.3 is 0 Å². The van der Waals surface area contributed by atoms with Gasteiger partial charge in [-0.15, -0.1) is 0 Å². The smallest absolute Gasteiger partial charge is 0.0727 e. The number of aliphatic hydroxyl groups excluding tert-OH is 1. The molecule has 0 aliphatic rings. The number of hydrogen-bond acceptors (Lipinski definition) is 2. The van der Waals surface area contributed by atoms with E-state index in [1.165, 1.54) is 0 Å². The fraction of sp³-hybridized carbons (Fsp3) is 1.00. The average Bonchev–Trinajstić information content (AvgIpc) is 1.87. The van der Waals surface area contributed by atoms with Crippen LogP contribution < -0.4 is 0 Å². The molecule has 0 aromatic heterocycles. The summed E-state index contributed by atoms with van der Waals surface area (Å²) in [5, 5.41) is 9.80. The summed E-state index contributed by atoms with van der Waals surface area (Å²) in [6, 6.07) is 0. The van der Waals surface area contributed by atoms with E-state index in [2.05, 4.69) is 29.8 Å². The fourth-order valence-electron chi connectivity index (χ4n) is 0.484. The van der Waals surface area contributed by atoms with Crippen LogP contribution in [0, 0.1) is 5.92 Å². The number of alkyl halides is 1. The molecule has 0 fully saturated rings. The first-order valence-corrected chi connectivity index (χ1v) is 5.76. The molecule has 0 aliphatic heterocycles. The molecule has 0 radical (unpaired) electrons. The summed E-state index contributed by atoms with van der Waals surface area (Å²) in [7, 11) is 0. The van der Waals surface area contributed by atoms with Crippen LogP contribution in [0.2, 0.25) is 0 Å². The van der Waals surface area contributed by atoms with Gasteiger partial charge in [0, 0.05) is 11.1 Å². The lowest BCUT2D eigenvalue weighted by atomic mass is 10.3. The van der Waals surface area contributed by atoms with Gasteiger partial charge in [0.1, 0.15) is 0 Å². The predicted octanol–water partition coefficient (Wildman–Crippen LogP) is 2.13. The molecule has 0 spiro atoms. The van der Waals surface area contributed by atoms with Crippen molar-refractivity contribution in [1.29, 1.82) is 0 Å². The highest BCUT2D eigenvalue weighted by atomic mass is 79.9. The molecule has 0 heterocycles. The van der Waals surface area contributed by atoms with Crippen molar-refractivity contribution >= 4 is 27.7 Å². The molecule has 0 aromatic rings. The zero-order valence-corrected chi connectivity index (χ0v) is 8.91. The molecule has 0 aliphatic carbocycles. The van der Waals surface area contributed by atoms with Crippen LogP contribution in [0.5, 0.6) is 0 Å². The number of rotatable bonds is 5. The Morgan fingerprint density at radius 1 is 1.40 bits per heavy atom. The Morgan fingerprint density at radius 3 is 2.40 bits per heavy atom. The van der Waals surface area contributed by atoms with Gasteiger partial charge in [-0.1, -0.05) is 29.8 Å². The highest BCUT2D eigenvalue weighted by Crippen LogP contribution is 2.09. The van der Waals surface area contributed by atoms with Crippen LogP contribution in [0.15, 0.2) is 0 Å². The first kappa shape index (κ1) is 10.8. The zero-order valence-electron chi connectivity index (χ0n) is 6.51. The monoisotopic (exact) mass is 226 g/mol. The van der Waals surface area contributed by atoms with Gasteiger partial charge in [0.2, 0.25) is 0 Å². The minimum absolute atomic E-state index is 0.177. The number of hydrogen-bond donors (Lipinski definition) is 1. The Hall–Kier alpha value is 0.790. The largest absolute Gasteiger partial charge is 0.391 e. The van der Waals surface area contributed by atoms with E-state index < -0.39 is 0 Å². The Kier molecular flexibility index (Phi) is 7.01. The highest BCUT2D eigenvalue weighted by Gasteiger charge is 2.01. The molecule has 0 bridgehead atoms. The zero-order chi connectivity index (χ0) is 7.98. The van der Waals surface area contributed by atoms with Crippen LogP contribution in [0.3, 0.4) is 0 Å². The molecule has 0 rings (SSSR count). The summed E-state index contributed by atoms with van der Waals surface area (Å²) in [6.07, 6.45) is -0.177.